The fraction of sp³-hybridized carbons (Fsp3) is 0.533. The van der Waals surface area contributed by atoms with Crippen LogP contribution in [0.5, 0.6) is 0 Å². The van der Waals surface area contributed by atoms with Gasteiger partial charge in [-0.1, -0.05) is 24.9 Å². The molecule has 4 nitrogen and oxygen atoms in total. The Morgan fingerprint density at radius 2 is 2.35 bits per heavy atom. The fourth-order valence-corrected chi connectivity index (χ4v) is 2.75. The summed E-state index contributed by atoms with van der Waals surface area (Å²) in [6, 6.07) is 5.35. The number of ether oxygens (including phenoxy) is 1. The number of hydrogen-bond acceptors (Lipinski definition) is 3. The first-order valence-electron chi connectivity index (χ1n) is 7.01. The number of rotatable bonds is 5. The number of carboxylic acid groups (broad SMARTS) is 1. The Kier molecular flexibility index (Phi) is 5.26. The molecule has 0 saturated carbocycles. The predicted molar refractivity (Wildman–Crippen MR) is 79.7 cm³/mol. The van der Waals surface area contributed by atoms with Crippen LogP contribution in [0.2, 0.25) is 5.02 Å². The van der Waals surface area contributed by atoms with Gasteiger partial charge in [0.05, 0.1) is 16.7 Å². The zero-order chi connectivity index (χ0) is 14.5. The topological polar surface area (TPSA) is 58.6 Å². The number of aromatic carboxylic acids is 1. The van der Waals surface area contributed by atoms with E-state index in [9.17, 15) is 4.79 Å². The summed E-state index contributed by atoms with van der Waals surface area (Å²) in [6.07, 6.45) is 4.38. The van der Waals surface area contributed by atoms with Crippen LogP contribution in [-0.2, 0) is 4.74 Å². The van der Waals surface area contributed by atoms with E-state index in [4.69, 9.17) is 21.4 Å². The van der Waals surface area contributed by atoms with Gasteiger partial charge in [-0.05, 0) is 37.5 Å². The van der Waals surface area contributed by atoms with Gasteiger partial charge < -0.3 is 15.2 Å². The Morgan fingerprint density at radius 1 is 1.55 bits per heavy atom. The largest absolute Gasteiger partial charge is 0.478 e. The van der Waals surface area contributed by atoms with E-state index in [1.54, 1.807) is 12.1 Å². The highest BCUT2D eigenvalue weighted by atomic mass is 35.5. The molecule has 1 aromatic carbocycles. The summed E-state index contributed by atoms with van der Waals surface area (Å²) in [5.41, 5.74) is 0.933. The first-order chi connectivity index (χ1) is 9.60. The van der Waals surface area contributed by atoms with Crippen LogP contribution in [0.15, 0.2) is 18.2 Å². The molecule has 0 amide bonds. The van der Waals surface area contributed by atoms with Gasteiger partial charge >= 0.3 is 5.97 Å². The van der Waals surface area contributed by atoms with Crippen molar-refractivity contribution in [3.8, 4) is 0 Å². The Morgan fingerprint density at radius 3 is 3.05 bits per heavy atom. The number of carbonyl (C=O) groups is 1. The van der Waals surface area contributed by atoms with Crippen molar-refractivity contribution >= 4 is 23.3 Å². The molecule has 1 aliphatic rings. The van der Waals surface area contributed by atoms with Crippen LogP contribution in [0.3, 0.4) is 0 Å². The van der Waals surface area contributed by atoms with Crippen LogP contribution in [0.1, 0.15) is 43.0 Å². The SMILES string of the molecule is CCCC1CC(Nc2ccc(Cl)c(C(=O)O)c2)CCO1. The van der Waals surface area contributed by atoms with Gasteiger partial charge in [-0.2, -0.15) is 0 Å². The standard InChI is InChI=1S/C15H20ClNO3/c1-2-3-12-8-11(6-7-20-12)17-10-4-5-14(16)13(9-10)15(18)19/h4-5,9,11-12,17H,2-3,6-8H2,1H3,(H,18,19). The van der Waals surface area contributed by atoms with Crippen molar-refractivity contribution in [1.29, 1.82) is 0 Å². The summed E-state index contributed by atoms with van der Waals surface area (Å²) in [7, 11) is 0. The molecule has 2 atom stereocenters. The molecule has 1 aliphatic heterocycles. The Hall–Kier alpha value is -1.26. The number of hydrogen-bond donors (Lipinski definition) is 2. The number of carboxylic acids is 1. The van der Waals surface area contributed by atoms with Crippen LogP contribution >= 0.6 is 11.6 Å². The first kappa shape index (κ1) is 15.1. The van der Waals surface area contributed by atoms with Crippen molar-refractivity contribution in [3.05, 3.63) is 28.8 Å². The molecule has 0 aliphatic carbocycles. The Bertz CT molecular complexity index is 476. The quantitative estimate of drug-likeness (QED) is 0.868. The molecular weight excluding hydrogens is 278 g/mol. The molecule has 1 fully saturated rings. The van der Waals surface area contributed by atoms with Crippen molar-refractivity contribution < 1.29 is 14.6 Å². The van der Waals surface area contributed by atoms with Crippen molar-refractivity contribution in [2.45, 2.75) is 44.8 Å². The number of anilines is 1. The summed E-state index contributed by atoms with van der Waals surface area (Å²) in [5.74, 6) is -1.01. The van der Waals surface area contributed by atoms with Crippen LogP contribution in [0.4, 0.5) is 5.69 Å². The number of benzene rings is 1. The van der Waals surface area contributed by atoms with E-state index in [0.717, 1.165) is 38.0 Å². The van der Waals surface area contributed by atoms with E-state index < -0.39 is 5.97 Å². The zero-order valence-electron chi connectivity index (χ0n) is 11.6. The highest BCUT2D eigenvalue weighted by Gasteiger charge is 2.22. The van der Waals surface area contributed by atoms with Crippen molar-refractivity contribution in [1.82, 2.24) is 0 Å². The lowest BCUT2D eigenvalue weighted by Gasteiger charge is -2.30. The first-order valence-corrected chi connectivity index (χ1v) is 7.39. The third-order valence-electron chi connectivity index (χ3n) is 3.55. The average Bonchev–Trinajstić information content (AvgIpc) is 2.41. The lowest BCUT2D eigenvalue weighted by Crippen LogP contribution is -2.34. The van der Waals surface area contributed by atoms with Gasteiger partial charge in [0.15, 0.2) is 0 Å². The second-order valence-corrected chi connectivity index (χ2v) is 5.55. The molecular formula is C15H20ClNO3. The van der Waals surface area contributed by atoms with Crippen LogP contribution < -0.4 is 5.32 Å². The third-order valence-corrected chi connectivity index (χ3v) is 3.88. The molecule has 1 heterocycles. The average molecular weight is 298 g/mol. The third kappa shape index (κ3) is 3.87. The van der Waals surface area contributed by atoms with E-state index in [0.29, 0.717) is 12.1 Å². The van der Waals surface area contributed by atoms with E-state index >= 15 is 0 Å². The molecule has 20 heavy (non-hydrogen) atoms. The summed E-state index contributed by atoms with van der Waals surface area (Å²) < 4.78 is 5.71. The van der Waals surface area contributed by atoms with Gasteiger partial charge in [-0.25, -0.2) is 4.79 Å². The maximum Gasteiger partial charge on any atom is 0.337 e. The smallest absolute Gasteiger partial charge is 0.337 e. The van der Waals surface area contributed by atoms with Gasteiger partial charge in [0.2, 0.25) is 0 Å². The van der Waals surface area contributed by atoms with Crippen LogP contribution in [0.25, 0.3) is 0 Å². The van der Waals surface area contributed by atoms with E-state index in [2.05, 4.69) is 12.2 Å². The Balaban J connectivity index is 2.02. The maximum absolute atomic E-state index is 11.1. The highest BCUT2D eigenvalue weighted by molar-refractivity contribution is 6.33. The normalized spacial score (nSPS) is 22.5. The van der Waals surface area contributed by atoms with Gasteiger partial charge in [-0.15, -0.1) is 0 Å². The number of nitrogens with one attached hydrogen (secondary N) is 1. The molecule has 110 valence electrons. The summed E-state index contributed by atoms with van der Waals surface area (Å²) in [4.78, 5) is 11.1. The summed E-state index contributed by atoms with van der Waals surface area (Å²) >= 11 is 5.87. The zero-order valence-corrected chi connectivity index (χ0v) is 12.3. The minimum Gasteiger partial charge on any atom is -0.478 e. The predicted octanol–water partition coefficient (Wildman–Crippen LogP) is 3.80. The van der Waals surface area contributed by atoms with Gasteiger partial charge in [-0.3, -0.25) is 0 Å². The second-order valence-electron chi connectivity index (χ2n) is 5.15. The van der Waals surface area contributed by atoms with Crippen molar-refractivity contribution in [3.63, 3.8) is 0 Å². The summed E-state index contributed by atoms with van der Waals surface area (Å²) in [6.45, 7) is 2.90. The number of halogens is 1. The molecule has 2 rings (SSSR count). The van der Waals surface area contributed by atoms with E-state index in [1.807, 2.05) is 6.07 Å². The van der Waals surface area contributed by atoms with Crippen LogP contribution in [-0.4, -0.2) is 29.8 Å². The molecule has 1 aromatic rings. The molecule has 0 aromatic heterocycles. The lowest BCUT2D eigenvalue weighted by molar-refractivity contribution is 0.00597. The maximum atomic E-state index is 11.1. The monoisotopic (exact) mass is 297 g/mol. The lowest BCUT2D eigenvalue weighted by atomic mass is 9.99. The van der Waals surface area contributed by atoms with Crippen molar-refractivity contribution in [2.75, 3.05) is 11.9 Å². The minimum atomic E-state index is -1.01. The van der Waals surface area contributed by atoms with E-state index in [1.165, 1.54) is 0 Å². The van der Waals surface area contributed by atoms with Gasteiger partial charge in [0, 0.05) is 18.3 Å². The minimum absolute atomic E-state index is 0.133. The molecule has 2 N–H and O–H groups in total. The molecule has 0 spiro atoms. The Labute approximate surface area is 124 Å². The second kappa shape index (κ2) is 6.95. The molecule has 0 bridgehead atoms. The molecule has 0 radical (unpaired) electrons. The highest BCUT2D eigenvalue weighted by Crippen LogP contribution is 2.24. The summed E-state index contributed by atoms with van der Waals surface area (Å²) in [5, 5.41) is 12.7. The van der Waals surface area contributed by atoms with Gasteiger partial charge in [0.1, 0.15) is 0 Å². The molecule has 1 saturated heterocycles. The van der Waals surface area contributed by atoms with Crippen molar-refractivity contribution in [2.24, 2.45) is 0 Å². The molecule has 5 heteroatoms. The van der Waals surface area contributed by atoms with E-state index in [-0.39, 0.29) is 10.6 Å². The molecule has 2 unspecified atom stereocenters. The fourth-order valence-electron chi connectivity index (χ4n) is 2.55. The van der Waals surface area contributed by atoms with Crippen LogP contribution in [0, 0.1) is 0 Å². The van der Waals surface area contributed by atoms with Gasteiger partial charge in [0.25, 0.3) is 0 Å².